The van der Waals surface area contributed by atoms with Crippen LogP contribution in [0.15, 0.2) is 0 Å². The highest BCUT2D eigenvalue weighted by Gasteiger charge is 2.14. The largest absolute Gasteiger partial charge is 0.335 e. The van der Waals surface area contributed by atoms with Crippen molar-refractivity contribution in [2.75, 3.05) is 13.1 Å². The monoisotopic (exact) mass is 186 g/mol. The predicted molar refractivity (Wildman–Crippen MR) is 55.8 cm³/mol. The van der Waals surface area contributed by atoms with Crippen molar-refractivity contribution < 1.29 is 4.79 Å². The summed E-state index contributed by atoms with van der Waals surface area (Å²) in [6.45, 7) is 11.8. The van der Waals surface area contributed by atoms with Crippen molar-refractivity contribution in [2.45, 2.75) is 40.7 Å². The predicted octanol–water partition coefficient (Wildman–Crippen LogP) is 2.08. The Labute approximate surface area is 81.5 Å². The molecule has 0 aromatic heterocycles. The number of nitrogens with one attached hydrogen (secondary N) is 1. The lowest BCUT2D eigenvalue weighted by Crippen LogP contribution is -2.45. The van der Waals surface area contributed by atoms with Crippen LogP contribution in [-0.2, 0) is 0 Å². The molecule has 0 aliphatic carbocycles. The van der Waals surface area contributed by atoms with Crippen molar-refractivity contribution >= 4 is 6.03 Å². The van der Waals surface area contributed by atoms with E-state index in [0.29, 0.717) is 5.92 Å². The summed E-state index contributed by atoms with van der Waals surface area (Å²) in [6, 6.07) is 0.291. The van der Waals surface area contributed by atoms with E-state index in [-0.39, 0.29) is 12.1 Å². The van der Waals surface area contributed by atoms with Gasteiger partial charge in [0.2, 0.25) is 0 Å². The third-order valence-corrected chi connectivity index (χ3v) is 2.40. The molecule has 0 heterocycles. The van der Waals surface area contributed by atoms with Crippen LogP contribution in [0, 0.1) is 5.92 Å². The Morgan fingerprint density at radius 2 is 1.69 bits per heavy atom. The second-order valence-electron chi connectivity index (χ2n) is 3.65. The molecule has 0 bridgehead atoms. The summed E-state index contributed by atoms with van der Waals surface area (Å²) in [5.41, 5.74) is 0. The van der Waals surface area contributed by atoms with Crippen LogP contribution in [0.4, 0.5) is 4.79 Å². The Hall–Kier alpha value is -0.730. The molecule has 0 fully saturated rings. The van der Waals surface area contributed by atoms with Crippen molar-refractivity contribution in [1.29, 1.82) is 0 Å². The smallest absolute Gasteiger partial charge is 0.317 e. The van der Waals surface area contributed by atoms with E-state index in [2.05, 4.69) is 19.2 Å². The Morgan fingerprint density at radius 1 is 1.23 bits per heavy atom. The maximum absolute atomic E-state index is 11.5. The number of rotatable bonds is 4. The highest BCUT2D eigenvalue weighted by Crippen LogP contribution is 2.00. The summed E-state index contributed by atoms with van der Waals surface area (Å²) >= 11 is 0. The molecule has 3 heteroatoms. The van der Waals surface area contributed by atoms with E-state index in [1.54, 1.807) is 4.90 Å². The van der Waals surface area contributed by atoms with E-state index in [1.807, 2.05) is 20.8 Å². The number of hydrogen-bond acceptors (Lipinski definition) is 1. The van der Waals surface area contributed by atoms with Gasteiger partial charge in [0.25, 0.3) is 0 Å². The molecular weight excluding hydrogens is 164 g/mol. The lowest BCUT2D eigenvalue weighted by atomic mass is 10.1. The molecule has 1 unspecified atom stereocenters. The fourth-order valence-corrected chi connectivity index (χ4v) is 0.964. The molecule has 0 aliphatic heterocycles. The molecule has 0 radical (unpaired) electrons. The van der Waals surface area contributed by atoms with E-state index in [0.717, 1.165) is 13.1 Å². The van der Waals surface area contributed by atoms with Gasteiger partial charge in [-0.3, -0.25) is 0 Å². The summed E-state index contributed by atoms with van der Waals surface area (Å²) in [6.07, 6.45) is 0. The molecule has 0 aromatic rings. The van der Waals surface area contributed by atoms with Gasteiger partial charge < -0.3 is 10.2 Å². The Kier molecular flexibility index (Phi) is 5.51. The van der Waals surface area contributed by atoms with Crippen LogP contribution in [0.2, 0.25) is 0 Å². The Balaban J connectivity index is 3.98. The van der Waals surface area contributed by atoms with Crippen LogP contribution in [0.3, 0.4) is 0 Å². The maximum Gasteiger partial charge on any atom is 0.317 e. The molecule has 0 saturated heterocycles. The molecule has 3 nitrogen and oxygen atoms in total. The van der Waals surface area contributed by atoms with Crippen LogP contribution >= 0.6 is 0 Å². The highest BCUT2D eigenvalue weighted by atomic mass is 16.2. The molecular formula is C10H22N2O. The standard InChI is InChI=1S/C10H22N2O/c1-6-12(7-2)10(13)11-9(5)8(3)4/h8-9H,6-7H2,1-5H3,(H,11,13). The molecule has 1 atom stereocenters. The van der Waals surface area contributed by atoms with Crippen LogP contribution in [0.5, 0.6) is 0 Å². The minimum atomic E-state index is 0.0474. The zero-order valence-electron chi connectivity index (χ0n) is 9.42. The topological polar surface area (TPSA) is 32.3 Å². The highest BCUT2D eigenvalue weighted by molar-refractivity contribution is 5.74. The van der Waals surface area contributed by atoms with Gasteiger partial charge in [-0.25, -0.2) is 4.79 Å². The SMILES string of the molecule is CCN(CC)C(=O)NC(C)C(C)C. The van der Waals surface area contributed by atoms with Gasteiger partial charge in [0.15, 0.2) is 0 Å². The summed E-state index contributed by atoms with van der Waals surface area (Å²) in [7, 11) is 0. The molecule has 13 heavy (non-hydrogen) atoms. The van der Waals surface area contributed by atoms with Gasteiger partial charge in [0.1, 0.15) is 0 Å². The van der Waals surface area contributed by atoms with Gasteiger partial charge in [-0.15, -0.1) is 0 Å². The van der Waals surface area contributed by atoms with Gasteiger partial charge in [-0.1, -0.05) is 13.8 Å². The lowest BCUT2D eigenvalue weighted by molar-refractivity contribution is 0.196. The number of amides is 2. The second-order valence-corrected chi connectivity index (χ2v) is 3.65. The van der Waals surface area contributed by atoms with Gasteiger partial charge in [0.05, 0.1) is 0 Å². The summed E-state index contributed by atoms with van der Waals surface area (Å²) < 4.78 is 0. The van der Waals surface area contributed by atoms with Gasteiger partial charge >= 0.3 is 6.03 Å². The van der Waals surface area contributed by atoms with E-state index in [1.165, 1.54) is 0 Å². The van der Waals surface area contributed by atoms with Crippen LogP contribution in [-0.4, -0.2) is 30.1 Å². The number of nitrogens with zero attached hydrogens (tertiary/aromatic N) is 1. The van der Waals surface area contributed by atoms with E-state index >= 15 is 0 Å². The van der Waals surface area contributed by atoms with Crippen molar-refractivity contribution in [3.63, 3.8) is 0 Å². The van der Waals surface area contributed by atoms with Gasteiger partial charge in [-0.2, -0.15) is 0 Å². The quantitative estimate of drug-likeness (QED) is 0.716. The molecule has 1 N–H and O–H groups in total. The van der Waals surface area contributed by atoms with E-state index < -0.39 is 0 Å². The second kappa shape index (κ2) is 5.84. The zero-order chi connectivity index (χ0) is 10.4. The molecule has 2 amide bonds. The van der Waals surface area contributed by atoms with Crippen LogP contribution in [0.1, 0.15) is 34.6 Å². The molecule has 0 spiro atoms. The maximum atomic E-state index is 11.5. The number of carbonyl (C=O) groups is 1. The molecule has 0 aromatic carbocycles. The van der Waals surface area contributed by atoms with Gasteiger partial charge in [-0.05, 0) is 26.7 Å². The van der Waals surface area contributed by atoms with Crippen molar-refractivity contribution in [3.05, 3.63) is 0 Å². The van der Waals surface area contributed by atoms with Crippen LogP contribution in [0.25, 0.3) is 0 Å². The first-order valence-electron chi connectivity index (χ1n) is 5.08. The Bertz CT molecular complexity index is 153. The summed E-state index contributed by atoms with van der Waals surface area (Å²) in [5.74, 6) is 0.486. The third kappa shape index (κ3) is 4.15. The Morgan fingerprint density at radius 3 is 2.00 bits per heavy atom. The third-order valence-electron chi connectivity index (χ3n) is 2.40. The summed E-state index contributed by atoms with van der Waals surface area (Å²) in [4.78, 5) is 13.3. The minimum absolute atomic E-state index is 0.0474. The lowest BCUT2D eigenvalue weighted by Gasteiger charge is -2.24. The first kappa shape index (κ1) is 12.3. The normalized spacial score (nSPS) is 12.8. The number of hydrogen-bond donors (Lipinski definition) is 1. The molecule has 0 aliphatic rings. The van der Waals surface area contributed by atoms with Crippen LogP contribution < -0.4 is 5.32 Å². The molecule has 0 saturated carbocycles. The number of urea groups is 1. The first-order chi connectivity index (χ1) is 6.02. The zero-order valence-corrected chi connectivity index (χ0v) is 9.42. The van der Waals surface area contributed by atoms with E-state index in [4.69, 9.17) is 0 Å². The first-order valence-corrected chi connectivity index (χ1v) is 5.08. The fourth-order valence-electron chi connectivity index (χ4n) is 0.964. The summed E-state index contributed by atoms with van der Waals surface area (Å²) in [5, 5.41) is 2.97. The molecule has 78 valence electrons. The minimum Gasteiger partial charge on any atom is -0.335 e. The van der Waals surface area contributed by atoms with Crippen molar-refractivity contribution in [2.24, 2.45) is 5.92 Å². The average Bonchev–Trinajstić information content (AvgIpc) is 2.06. The molecule has 0 rings (SSSR count). The average molecular weight is 186 g/mol. The fraction of sp³-hybridized carbons (Fsp3) is 0.900. The van der Waals surface area contributed by atoms with E-state index in [9.17, 15) is 4.79 Å². The van der Waals surface area contributed by atoms with Gasteiger partial charge in [0, 0.05) is 19.1 Å². The van der Waals surface area contributed by atoms with Crippen molar-refractivity contribution in [3.8, 4) is 0 Å². The van der Waals surface area contributed by atoms with Crippen molar-refractivity contribution in [1.82, 2.24) is 10.2 Å². The number of carbonyl (C=O) groups excluding carboxylic acids is 1.